The smallest absolute Gasteiger partial charge is 0.253 e. The molecule has 1 aliphatic rings. The van der Waals surface area contributed by atoms with E-state index in [1.807, 2.05) is 43.3 Å². The minimum absolute atomic E-state index is 0.0272. The second kappa shape index (κ2) is 7.16. The van der Waals surface area contributed by atoms with E-state index in [2.05, 4.69) is 39.5 Å². The summed E-state index contributed by atoms with van der Waals surface area (Å²) < 4.78 is 0. The number of fused-ring (bicyclic) bond motifs is 1. The van der Waals surface area contributed by atoms with E-state index < -0.39 is 0 Å². The first-order valence-corrected chi connectivity index (χ1v) is 9.18. The molecule has 1 N–H and O–H groups in total. The predicted molar refractivity (Wildman–Crippen MR) is 106 cm³/mol. The van der Waals surface area contributed by atoms with Gasteiger partial charge in [0.1, 0.15) is 0 Å². The summed E-state index contributed by atoms with van der Waals surface area (Å²) in [4.78, 5) is 19.8. The van der Waals surface area contributed by atoms with Crippen molar-refractivity contribution in [2.45, 2.75) is 25.8 Å². The molecule has 0 bridgehead atoms. The van der Waals surface area contributed by atoms with E-state index in [-0.39, 0.29) is 11.9 Å². The fraction of sp³-hybridized carbons (Fsp3) is 0.273. The van der Waals surface area contributed by atoms with E-state index in [0.717, 1.165) is 42.5 Å². The second-order valence-corrected chi connectivity index (χ2v) is 6.91. The number of nitrogens with zero attached hydrogens (tertiary/aromatic N) is 2. The molecule has 1 fully saturated rings. The number of pyridine rings is 1. The van der Waals surface area contributed by atoms with Crippen LogP contribution in [-0.4, -0.2) is 30.0 Å². The quantitative estimate of drug-likeness (QED) is 0.782. The van der Waals surface area contributed by atoms with Crippen molar-refractivity contribution >= 4 is 22.5 Å². The van der Waals surface area contributed by atoms with Crippen LogP contribution in [0.3, 0.4) is 0 Å². The van der Waals surface area contributed by atoms with Crippen LogP contribution >= 0.6 is 0 Å². The number of aryl methyl sites for hydroxylation is 1. The number of benzene rings is 2. The normalized spacial score (nSPS) is 17.3. The Kier molecular flexibility index (Phi) is 4.57. The third-order valence-electron chi connectivity index (χ3n) is 5.04. The van der Waals surface area contributed by atoms with Crippen molar-refractivity contribution in [1.82, 2.24) is 10.3 Å². The molecule has 26 heavy (non-hydrogen) atoms. The third kappa shape index (κ3) is 3.40. The number of carbonyl (C=O) groups excluding carboxylic acids is 1. The van der Waals surface area contributed by atoms with Crippen LogP contribution in [0.15, 0.2) is 60.7 Å². The van der Waals surface area contributed by atoms with E-state index in [1.54, 1.807) is 0 Å². The maximum absolute atomic E-state index is 12.9. The van der Waals surface area contributed by atoms with Gasteiger partial charge < -0.3 is 10.2 Å². The molecule has 1 amide bonds. The van der Waals surface area contributed by atoms with Crippen molar-refractivity contribution in [3.63, 3.8) is 0 Å². The van der Waals surface area contributed by atoms with E-state index in [9.17, 15) is 4.79 Å². The van der Waals surface area contributed by atoms with Crippen LogP contribution in [0.4, 0.5) is 5.69 Å². The molecule has 1 aromatic heterocycles. The van der Waals surface area contributed by atoms with E-state index in [4.69, 9.17) is 0 Å². The highest BCUT2D eigenvalue weighted by atomic mass is 16.1. The summed E-state index contributed by atoms with van der Waals surface area (Å²) in [5, 5.41) is 4.22. The molecule has 4 nitrogen and oxygen atoms in total. The molecule has 0 aliphatic carbocycles. The zero-order valence-electron chi connectivity index (χ0n) is 15.0. The predicted octanol–water partition coefficient (Wildman–Crippen LogP) is 3.94. The Morgan fingerprint density at radius 2 is 1.88 bits per heavy atom. The number of carbonyl (C=O) groups is 1. The minimum Gasteiger partial charge on any atom is -0.369 e. The lowest BCUT2D eigenvalue weighted by Crippen LogP contribution is -2.48. The molecule has 3 aromatic rings. The third-order valence-corrected chi connectivity index (χ3v) is 5.04. The van der Waals surface area contributed by atoms with Crippen LogP contribution in [0.5, 0.6) is 0 Å². The lowest BCUT2D eigenvalue weighted by atomic mass is 10.0. The van der Waals surface area contributed by atoms with Crippen LogP contribution < -0.4 is 10.2 Å². The summed E-state index contributed by atoms with van der Waals surface area (Å²) in [5.41, 5.74) is 3.59. The monoisotopic (exact) mass is 345 g/mol. The Morgan fingerprint density at radius 3 is 2.73 bits per heavy atom. The van der Waals surface area contributed by atoms with E-state index in [0.29, 0.717) is 5.56 Å². The second-order valence-electron chi connectivity index (χ2n) is 6.91. The molecular weight excluding hydrogens is 322 g/mol. The number of hydrogen-bond donors (Lipinski definition) is 1. The number of para-hydroxylation sites is 2. The summed E-state index contributed by atoms with van der Waals surface area (Å²) in [6, 6.07) is 20.4. The van der Waals surface area contributed by atoms with Crippen molar-refractivity contribution in [3.05, 3.63) is 71.9 Å². The number of nitrogens with one attached hydrogen (secondary N) is 1. The number of anilines is 1. The lowest BCUT2D eigenvalue weighted by Gasteiger charge is -2.34. The first-order valence-electron chi connectivity index (χ1n) is 9.18. The van der Waals surface area contributed by atoms with Gasteiger partial charge in [0.25, 0.3) is 5.91 Å². The molecular formula is C22H23N3O. The first kappa shape index (κ1) is 16.6. The maximum atomic E-state index is 12.9. The molecule has 4 heteroatoms. The van der Waals surface area contributed by atoms with Crippen molar-refractivity contribution in [2.75, 3.05) is 18.0 Å². The average Bonchev–Trinajstić information content (AvgIpc) is 2.68. The molecule has 2 heterocycles. The van der Waals surface area contributed by atoms with Gasteiger partial charge in [-0.25, -0.2) is 0 Å². The SMILES string of the molecule is Cc1nc2ccccc2cc1C(=O)NC1CCCN(c2ccccc2)C1. The van der Waals surface area contributed by atoms with Gasteiger partial charge in [-0.15, -0.1) is 0 Å². The average molecular weight is 345 g/mol. The highest BCUT2D eigenvalue weighted by Gasteiger charge is 2.23. The van der Waals surface area contributed by atoms with Gasteiger partial charge in [0, 0.05) is 30.2 Å². The molecule has 0 spiro atoms. The fourth-order valence-corrected chi connectivity index (χ4v) is 3.67. The Hall–Kier alpha value is -2.88. The number of piperidine rings is 1. The molecule has 1 saturated heterocycles. The molecule has 0 radical (unpaired) electrons. The molecule has 0 saturated carbocycles. The van der Waals surface area contributed by atoms with Gasteiger partial charge >= 0.3 is 0 Å². The number of rotatable bonds is 3. The van der Waals surface area contributed by atoms with Crippen LogP contribution in [0.25, 0.3) is 10.9 Å². The Labute approximate surface area is 153 Å². The Morgan fingerprint density at radius 1 is 1.12 bits per heavy atom. The van der Waals surface area contributed by atoms with Gasteiger partial charge in [-0.2, -0.15) is 0 Å². The van der Waals surface area contributed by atoms with Gasteiger partial charge in [0.2, 0.25) is 0 Å². The molecule has 2 aromatic carbocycles. The van der Waals surface area contributed by atoms with Crippen LogP contribution in [0.2, 0.25) is 0 Å². The van der Waals surface area contributed by atoms with E-state index in [1.165, 1.54) is 5.69 Å². The van der Waals surface area contributed by atoms with Gasteiger partial charge in [-0.3, -0.25) is 9.78 Å². The number of amides is 1. The van der Waals surface area contributed by atoms with Gasteiger partial charge in [-0.1, -0.05) is 36.4 Å². The fourth-order valence-electron chi connectivity index (χ4n) is 3.67. The summed E-state index contributed by atoms with van der Waals surface area (Å²) in [6.07, 6.45) is 2.09. The minimum atomic E-state index is -0.0272. The van der Waals surface area contributed by atoms with Crippen molar-refractivity contribution in [1.29, 1.82) is 0 Å². The molecule has 1 aliphatic heterocycles. The molecule has 1 unspecified atom stereocenters. The Bertz CT molecular complexity index is 923. The lowest BCUT2D eigenvalue weighted by molar-refractivity contribution is 0.0932. The topological polar surface area (TPSA) is 45.2 Å². The van der Waals surface area contributed by atoms with Gasteiger partial charge in [0.15, 0.2) is 0 Å². The summed E-state index contributed by atoms with van der Waals surface area (Å²) in [6.45, 7) is 3.78. The number of aromatic nitrogens is 1. The summed E-state index contributed by atoms with van der Waals surface area (Å²) >= 11 is 0. The highest BCUT2D eigenvalue weighted by Crippen LogP contribution is 2.21. The molecule has 132 valence electrons. The largest absolute Gasteiger partial charge is 0.369 e. The highest BCUT2D eigenvalue weighted by molar-refractivity contribution is 5.98. The zero-order chi connectivity index (χ0) is 17.9. The molecule has 1 atom stereocenters. The van der Waals surface area contributed by atoms with Crippen LogP contribution in [0, 0.1) is 6.92 Å². The first-order chi connectivity index (χ1) is 12.7. The van der Waals surface area contributed by atoms with Crippen LogP contribution in [-0.2, 0) is 0 Å². The molecule has 4 rings (SSSR count). The van der Waals surface area contributed by atoms with Crippen molar-refractivity contribution < 1.29 is 4.79 Å². The van der Waals surface area contributed by atoms with Gasteiger partial charge in [0.05, 0.1) is 16.8 Å². The van der Waals surface area contributed by atoms with Gasteiger partial charge in [-0.05, 0) is 44.0 Å². The zero-order valence-corrected chi connectivity index (χ0v) is 15.0. The van der Waals surface area contributed by atoms with Crippen molar-refractivity contribution in [3.8, 4) is 0 Å². The van der Waals surface area contributed by atoms with E-state index >= 15 is 0 Å². The maximum Gasteiger partial charge on any atom is 0.253 e. The standard InChI is InChI=1S/C22H23N3O/c1-16-20(14-17-8-5-6-12-21(17)23-16)22(26)24-18-9-7-13-25(15-18)19-10-3-2-4-11-19/h2-6,8,10-12,14,18H,7,9,13,15H2,1H3,(H,24,26). The number of hydrogen-bond acceptors (Lipinski definition) is 3. The summed E-state index contributed by atoms with van der Waals surface area (Å²) in [5.74, 6) is -0.0272. The Balaban J connectivity index is 1.50. The summed E-state index contributed by atoms with van der Waals surface area (Å²) in [7, 11) is 0. The van der Waals surface area contributed by atoms with Crippen molar-refractivity contribution in [2.24, 2.45) is 0 Å². The van der Waals surface area contributed by atoms with Crippen LogP contribution in [0.1, 0.15) is 28.9 Å².